The van der Waals surface area contributed by atoms with Crippen molar-refractivity contribution in [1.82, 2.24) is 4.98 Å². The van der Waals surface area contributed by atoms with Crippen molar-refractivity contribution >= 4 is 5.69 Å². The van der Waals surface area contributed by atoms with Crippen LogP contribution in [0.4, 0.5) is 10.1 Å². The second kappa shape index (κ2) is 6.18. The van der Waals surface area contributed by atoms with Gasteiger partial charge in [0.15, 0.2) is 0 Å². The van der Waals surface area contributed by atoms with Crippen LogP contribution in [-0.2, 0) is 0 Å². The standard InChI is InChI=1S/C15H17FN2O/c1-3-19-14-7-5-13(6-8-14)18-11(2)15-9-4-12(16)10-17-15/h4-11,18H,3H2,1-2H3. The molecule has 0 fully saturated rings. The zero-order valence-electron chi connectivity index (χ0n) is 11.1. The molecule has 1 atom stereocenters. The third-order valence-electron chi connectivity index (χ3n) is 2.74. The minimum atomic E-state index is -0.322. The second-order valence-corrected chi connectivity index (χ2v) is 4.22. The lowest BCUT2D eigenvalue weighted by Crippen LogP contribution is -2.08. The van der Waals surface area contributed by atoms with E-state index in [9.17, 15) is 4.39 Å². The minimum Gasteiger partial charge on any atom is -0.494 e. The minimum absolute atomic E-state index is 0.0125. The number of anilines is 1. The Morgan fingerprint density at radius 1 is 1.21 bits per heavy atom. The first kappa shape index (κ1) is 13.3. The van der Waals surface area contributed by atoms with Gasteiger partial charge in [0.2, 0.25) is 0 Å². The Morgan fingerprint density at radius 2 is 1.95 bits per heavy atom. The molecule has 0 spiro atoms. The Bertz CT molecular complexity index is 511. The largest absolute Gasteiger partial charge is 0.494 e. The number of nitrogens with one attached hydrogen (secondary N) is 1. The van der Waals surface area contributed by atoms with Gasteiger partial charge in [-0.25, -0.2) is 4.39 Å². The first-order valence-corrected chi connectivity index (χ1v) is 6.30. The smallest absolute Gasteiger partial charge is 0.141 e. The average molecular weight is 260 g/mol. The van der Waals surface area contributed by atoms with E-state index >= 15 is 0 Å². The number of hydrogen-bond donors (Lipinski definition) is 1. The van der Waals surface area contributed by atoms with Gasteiger partial charge in [0.1, 0.15) is 11.6 Å². The molecule has 1 unspecified atom stereocenters. The van der Waals surface area contributed by atoms with Crippen LogP contribution >= 0.6 is 0 Å². The van der Waals surface area contributed by atoms with Gasteiger partial charge in [-0.1, -0.05) is 0 Å². The summed E-state index contributed by atoms with van der Waals surface area (Å²) in [5.74, 6) is 0.526. The van der Waals surface area contributed by atoms with Crippen molar-refractivity contribution in [3.63, 3.8) is 0 Å². The van der Waals surface area contributed by atoms with E-state index in [1.807, 2.05) is 38.1 Å². The van der Waals surface area contributed by atoms with Crippen LogP contribution in [-0.4, -0.2) is 11.6 Å². The second-order valence-electron chi connectivity index (χ2n) is 4.22. The molecule has 1 aromatic carbocycles. The van der Waals surface area contributed by atoms with Crippen LogP contribution < -0.4 is 10.1 Å². The van der Waals surface area contributed by atoms with Crippen molar-refractivity contribution < 1.29 is 9.13 Å². The summed E-state index contributed by atoms with van der Waals surface area (Å²) >= 11 is 0. The lowest BCUT2D eigenvalue weighted by atomic mass is 10.2. The highest BCUT2D eigenvalue weighted by Gasteiger charge is 2.06. The van der Waals surface area contributed by atoms with Crippen LogP contribution in [0.1, 0.15) is 25.6 Å². The summed E-state index contributed by atoms with van der Waals surface area (Å²) in [6, 6.07) is 10.8. The van der Waals surface area contributed by atoms with Gasteiger partial charge in [-0.15, -0.1) is 0 Å². The first-order chi connectivity index (χ1) is 9.19. The molecule has 2 rings (SSSR count). The fourth-order valence-corrected chi connectivity index (χ4v) is 1.78. The van der Waals surface area contributed by atoms with Crippen LogP contribution in [0, 0.1) is 5.82 Å². The van der Waals surface area contributed by atoms with Gasteiger partial charge in [-0.05, 0) is 50.2 Å². The predicted molar refractivity (Wildman–Crippen MR) is 73.8 cm³/mol. The lowest BCUT2D eigenvalue weighted by molar-refractivity contribution is 0.340. The van der Waals surface area contributed by atoms with E-state index in [0.29, 0.717) is 6.61 Å². The Balaban J connectivity index is 2.01. The molecule has 0 aliphatic rings. The lowest BCUT2D eigenvalue weighted by Gasteiger charge is -2.15. The molecule has 0 saturated heterocycles. The van der Waals surface area contributed by atoms with Gasteiger partial charge in [0, 0.05) is 5.69 Å². The van der Waals surface area contributed by atoms with Crippen molar-refractivity contribution in [2.24, 2.45) is 0 Å². The molecule has 2 aromatic rings. The Hall–Kier alpha value is -2.10. The molecule has 0 amide bonds. The van der Waals surface area contributed by atoms with Crippen LogP contribution in [0.25, 0.3) is 0 Å². The summed E-state index contributed by atoms with van der Waals surface area (Å²) in [7, 11) is 0. The summed E-state index contributed by atoms with van der Waals surface area (Å²) in [5.41, 5.74) is 1.78. The van der Waals surface area contributed by atoms with Crippen LogP contribution in [0.3, 0.4) is 0 Å². The zero-order chi connectivity index (χ0) is 13.7. The van der Waals surface area contributed by atoms with E-state index in [1.165, 1.54) is 12.3 Å². The molecule has 0 bridgehead atoms. The maximum atomic E-state index is 12.8. The van der Waals surface area contributed by atoms with E-state index in [4.69, 9.17) is 4.74 Å². The highest BCUT2D eigenvalue weighted by molar-refractivity contribution is 5.47. The van der Waals surface area contributed by atoms with Gasteiger partial charge in [0.05, 0.1) is 24.5 Å². The number of hydrogen-bond acceptors (Lipinski definition) is 3. The van der Waals surface area contributed by atoms with E-state index < -0.39 is 0 Å². The highest BCUT2D eigenvalue weighted by atomic mass is 19.1. The maximum absolute atomic E-state index is 12.8. The number of aromatic nitrogens is 1. The molecule has 4 heteroatoms. The molecule has 1 heterocycles. The molecular formula is C15H17FN2O. The normalized spacial score (nSPS) is 11.9. The number of rotatable bonds is 5. The Labute approximate surface area is 112 Å². The van der Waals surface area contributed by atoms with Gasteiger partial charge < -0.3 is 10.1 Å². The summed E-state index contributed by atoms with van der Waals surface area (Å²) in [4.78, 5) is 4.06. The molecule has 0 radical (unpaired) electrons. The number of nitrogens with zero attached hydrogens (tertiary/aromatic N) is 1. The van der Waals surface area contributed by atoms with Gasteiger partial charge in [-0.2, -0.15) is 0 Å². The Morgan fingerprint density at radius 3 is 2.53 bits per heavy atom. The molecule has 0 saturated carbocycles. The van der Waals surface area contributed by atoms with E-state index in [2.05, 4.69) is 10.3 Å². The highest BCUT2D eigenvalue weighted by Crippen LogP contribution is 2.20. The number of halogens is 1. The van der Waals surface area contributed by atoms with Gasteiger partial charge in [-0.3, -0.25) is 4.98 Å². The third-order valence-corrected chi connectivity index (χ3v) is 2.74. The molecular weight excluding hydrogens is 243 g/mol. The first-order valence-electron chi connectivity index (χ1n) is 6.30. The summed E-state index contributed by atoms with van der Waals surface area (Å²) in [6.07, 6.45) is 1.23. The fraction of sp³-hybridized carbons (Fsp3) is 0.267. The predicted octanol–water partition coefficient (Wildman–Crippen LogP) is 3.79. The van der Waals surface area contributed by atoms with Crippen molar-refractivity contribution in [3.05, 3.63) is 54.1 Å². The molecule has 1 N–H and O–H groups in total. The van der Waals surface area contributed by atoms with Gasteiger partial charge >= 0.3 is 0 Å². The summed E-state index contributed by atoms with van der Waals surface area (Å²) in [5, 5.41) is 3.31. The molecule has 3 nitrogen and oxygen atoms in total. The Kier molecular flexibility index (Phi) is 4.34. The van der Waals surface area contributed by atoms with Crippen molar-refractivity contribution in [2.45, 2.75) is 19.9 Å². The van der Waals surface area contributed by atoms with E-state index in [1.54, 1.807) is 6.07 Å². The van der Waals surface area contributed by atoms with Crippen molar-refractivity contribution in [2.75, 3.05) is 11.9 Å². The third kappa shape index (κ3) is 3.68. The quantitative estimate of drug-likeness (QED) is 0.888. The van der Waals surface area contributed by atoms with Gasteiger partial charge in [0.25, 0.3) is 0 Å². The number of pyridine rings is 1. The SMILES string of the molecule is CCOc1ccc(NC(C)c2ccc(F)cn2)cc1. The molecule has 0 aliphatic carbocycles. The summed E-state index contributed by atoms with van der Waals surface area (Å²) < 4.78 is 18.2. The van der Waals surface area contributed by atoms with Crippen LogP contribution in [0.2, 0.25) is 0 Å². The monoisotopic (exact) mass is 260 g/mol. The number of ether oxygens (including phenoxy) is 1. The fourth-order valence-electron chi connectivity index (χ4n) is 1.78. The van der Waals surface area contributed by atoms with E-state index in [0.717, 1.165) is 17.1 Å². The maximum Gasteiger partial charge on any atom is 0.141 e. The van der Waals surface area contributed by atoms with Crippen LogP contribution in [0.5, 0.6) is 5.75 Å². The molecule has 100 valence electrons. The van der Waals surface area contributed by atoms with Crippen LogP contribution in [0.15, 0.2) is 42.6 Å². The number of benzene rings is 1. The average Bonchev–Trinajstić information content (AvgIpc) is 2.42. The van der Waals surface area contributed by atoms with E-state index in [-0.39, 0.29) is 11.9 Å². The zero-order valence-corrected chi connectivity index (χ0v) is 11.1. The molecule has 1 aromatic heterocycles. The molecule has 19 heavy (non-hydrogen) atoms. The van der Waals surface area contributed by atoms with Crippen molar-refractivity contribution in [1.29, 1.82) is 0 Å². The molecule has 0 aliphatic heterocycles. The topological polar surface area (TPSA) is 34.1 Å². The summed E-state index contributed by atoms with van der Waals surface area (Å²) in [6.45, 7) is 4.59. The van der Waals surface area contributed by atoms with Crippen molar-refractivity contribution in [3.8, 4) is 5.75 Å².